The van der Waals surface area contributed by atoms with Gasteiger partial charge in [-0.1, -0.05) is 31.2 Å². The number of amides is 1. The van der Waals surface area contributed by atoms with E-state index in [1.807, 2.05) is 57.8 Å². The van der Waals surface area contributed by atoms with Gasteiger partial charge in [-0.25, -0.2) is 4.79 Å². The van der Waals surface area contributed by atoms with E-state index in [-0.39, 0.29) is 36.5 Å². The van der Waals surface area contributed by atoms with Crippen LogP contribution >= 0.6 is 11.6 Å². The first-order valence-corrected chi connectivity index (χ1v) is 20.7. The third-order valence-electron chi connectivity index (χ3n) is 9.31. The number of ether oxygens (including phenoxy) is 2. The Kier molecular flexibility index (Phi) is 8.76. The van der Waals surface area contributed by atoms with Crippen molar-refractivity contribution in [2.45, 2.75) is 110 Å². The lowest BCUT2D eigenvalue weighted by molar-refractivity contribution is 0.0492. The third-order valence-corrected chi connectivity index (χ3v) is 11.4. The number of aryl methyl sites for hydroxylation is 2. The summed E-state index contributed by atoms with van der Waals surface area (Å²) in [6.07, 6.45) is 6.95. The molecular formula is C34H48ClN7O4Si. The molecule has 3 aromatic heterocycles. The van der Waals surface area contributed by atoms with E-state index < -0.39 is 13.7 Å². The molecule has 11 nitrogen and oxygen atoms in total. The van der Waals surface area contributed by atoms with Crippen LogP contribution in [0.25, 0.3) is 33.1 Å². The fourth-order valence-electron chi connectivity index (χ4n) is 7.10. The molecule has 0 saturated carbocycles. The molecule has 3 atom stereocenters. The van der Waals surface area contributed by atoms with Crippen LogP contribution in [-0.4, -0.2) is 68.4 Å². The molecule has 5 heterocycles. The van der Waals surface area contributed by atoms with E-state index in [1.54, 1.807) is 16.3 Å². The number of alkyl carbamates (subject to hydrolysis) is 1. The Bertz CT molecular complexity index is 1890. The Morgan fingerprint density at radius 2 is 1.79 bits per heavy atom. The molecule has 1 N–H and O–H groups in total. The van der Waals surface area contributed by atoms with Crippen LogP contribution in [0.3, 0.4) is 0 Å². The molecule has 1 aromatic carbocycles. The standard InChI is InChI=1S/C34H48ClN7O4Si/c1-20-14-24(28(35)26-17-39(5)38-29(20)26)25-18-41(19-45-12-13-47(7,8)9)30-27(25)31(43)40(6)32(37-30)42-22-10-11-23(42)16-21(15-22)36-33(44)46-34(2,3)4/h14,17-18,21-23H,10-13,15-16,19H2,1-9H3,(H,36,44)/t21-,22+,23-. The molecule has 4 aromatic rings. The summed E-state index contributed by atoms with van der Waals surface area (Å²) in [7, 11) is 2.39. The molecule has 2 aliphatic rings. The number of carbonyl (C=O) groups excluding carboxylic acids is 1. The third kappa shape index (κ3) is 6.69. The van der Waals surface area contributed by atoms with E-state index in [0.29, 0.717) is 28.6 Å². The molecule has 1 amide bonds. The fourth-order valence-corrected chi connectivity index (χ4v) is 8.16. The van der Waals surface area contributed by atoms with Gasteiger partial charge in [-0.2, -0.15) is 10.1 Å². The number of anilines is 1. The number of halogens is 1. The Labute approximate surface area is 282 Å². The van der Waals surface area contributed by atoms with Crippen molar-refractivity contribution in [3.05, 3.63) is 39.4 Å². The number of aromatic nitrogens is 5. The van der Waals surface area contributed by atoms with E-state index in [0.717, 1.165) is 59.3 Å². The summed E-state index contributed by atoms with van der Waals surface area (Å²) in [5.41, 5.74) is 3.22. The highest BCUT2D eigenvalue weighted by Crippen LogP contribution is 2.41. The van der Waals surface area contributed by atoms with E-state index in [4.69, 9.17) is 26.1 Å². The Hall–Kier alpha value is -3.35. The summed E-state index contributed by atoms with van der Waals surface area (Å²) >= 11 is 7.06. The molecule has 47 heavy (non-hydrogen) atoms. The fraction of sp³-hybridized carbons (Fsp3) is 0.588. The monoisotopic (exact) mass is 681 g/mol. The summed E-state index contributed by atoms with van der Waals surface area (Å²) < 4.78 is 17.1. The lowest BCUT2D eigenvalue weighted by Gasteiger charge is -2.40. The minimum Gasteiger partial charge on any atom is -0.444 e. The van der Waals surface area contributed by atoms with Crippen LogP contribution in [0.15, 0.2) is 23.3 Å². The van der Waals surface area contributed by atoms with Crippen molar-refractivity contribution < 1.29 is 14.3 Å². The molecule has 0 unspecified atom stereocenters. The highest BCUT2D eigenvalue weighted by atomic mass is 35.5. The van der Waals surface area contributed by atoms with Crippen LogP contribution in [0, 0.1) is 6.92 Å². The van der Waals surface area contributed by atoms with Crippen LogP contribution in [-0.2, 0) is 30.3 Å². The van der Waals surface area contributed by atoms with Gasteiger partial charge in [0.2, 0.25) is 5.95 Å². The Morgan fingerprint density at radius 3 is 2.43 bits per heavy atom. The lowest BCUT2D eigenvalue weighted by atomic mass is 9.97. The van der Waals surface area contributed by atoms with E-state index in [1.165, 1.54) is 0 Å². The second-order valence-electron chi connectivity index (χ2n) is 15.6. The van der Waals surface area contributed by atoms with Crippen molar-refractivity contribution >= 4 is 53.7 Å². The van der Waals surface area contributed by atoms with Crippen molar-refractivity contribution in [1.29, 1.82) is 0 Å². The van der Waals surface area contributed by atoms with Gasteiger partial charge in [-0.3, -0.25) is 14.0 Å². The number of hydrogen-bond donors (Lipinski definition) is 1. The summed E-state index contributed by atoms with van der Waals surface area (Å²) in [6, 6.07) is 3.34. The minimum atomic E-state index is -1.29. The predicted molar refractivity (Wildman–Crippen MR) is 190 cm³/mol. The average Bonchev–Trinajstić information content (AvgIpc) is 3.60. The molecule has 0 spiro atoms. The number of fused-ring (bicyclic) bond motifs is 4. The molecule has 0 radical (unpaired) electrons. The summed E-state index contributed by atoms with van der Waals surface area (Å²) in [5.74, 6) is 0.642. The lowest BCUT2D eigenvalue weighted by Crippen LogP contribution is -2.52. The quantitative estimate of drug-likeness (QED) is 0.165. The maximum Gasteiger partial charge on any atom is 0.407 e. The topological polar surface area (TPSA) is 108 Å². The van der Waals surface area contributed by atoms with Gasteiger partial charge in [0.1, 0.15) is 12.3 Å². The molecule has 2 aliphatic heterocycles. The molecule has 254 valence electrons. The Morgan fingerprint density at radius 1 is 1.11 bits per heavy atom. The molecule has 2 saturated heterocycles. The van der Waals surface area contributed by atoms with Crippen LogP contribution in [0.2, 0.25) is 30.7 Å². The minimum absolute atomic E-state index is 0.00219. The van der Waals surface area contributed by atoms with Crippen LogP contribution in [0.5, 0.6) is 0 Å². The largest absolute Gasteiger partial charge is 0.444 e. The molecule has 2 fully saturated rings. The summed E-state index contributed by atoms with van der Waals surface area (Å²) in [6.45, 7) is 15.5. The smallest absolute Gasteiger partial charge is 0.407 e. The average molecular weight is 682 g/mol. The van der Waals surface area contributed by atoms with Gasteiger partial charge < -0.3 is 24.3 Å². The predicted octanol–water partition coefficient (Wildman–Crippen LogP) is 6.59. The van der Waals surface area contributed by atoms with Crippen molar-refractivity contribution in [2.24, 2.45) is 14.1 Å². The van der Waals surface area contributed by atoms with Gasteiger partial charge in [0, 0.05) is 75.8 Å². The molecule has 13 heteroatoms. The highest BCUT2D eigenvalue weighted by molar-refractivity contribution is 6.76. The SMILES string of the molecule is Cc1cc(-c2cn(COCC[Si](C)(C)C)c3nc(N4[C@@H]5CC[C@H]4C[C@@H](NC(=O)OC(C)(C)C)C5)n(C)c(=O)c23)c(Cl)c2cn(C)nc12. The van der Waals surface area contributed by atoms with Gasteiger partial charge in [-0.15, -0.1) is 0 Å². The maximum absolute atomic E-state index is 14.4. The van der Waals surface area contributed by atoms with Crippen LogP contribution in [0.4, 0.5) is 10.7 Å². The first kappa shape index (κ1) is 33.5. The normalized spacial score (nSPS) is 20.0. The summed E-state index contributed by atoms with van der Waals surface area (Å²) in [5, 5.41) is 9.60. The number of rotatable bonds is 8. The zero-order valence-electron chi connectivity index (χ0n) is 29.1. The molecule has 6 rings (SSSR count). The number of hydrogen-bond acceptors (Lipinski definition) is 7. The van der Waals surface area contributed by atoms with Crippen molar-refractivity contribution in [2.75, 3.05) is 11.5 Å². The first-order chi connectivity index (χ1) is 22.0. The second-order valence-corrected chi connectivity index (χ2v) is 21.6. The Balaban J connectivity index is 1.40. The van der Waals surface area contributed by atoms with E-state index in [9.17, 15) is 9.59 Å². The van der Waals surface area contributed by atoms with Gasteiger partial charge in [0.05, 0.1) is 15.9 Å². The first-order valence-electron chi connectivity index (χ1n) is 16.6. The van der Waals surface area contributed by atoms with Gasteiger partial charge in [0.25, 0.3) is 5.56 Å². The van der Waals surface area contributed by atoms with E-state index >= 15 is 0 Å². The van der Waals surface area contributed by atoms with E-state index in [2.05, 4.69) is 35.0 Å². The zero-order chi connectivity index (χ0) is 34.0. The molecule has 2 bridgehead atoms. The number of piperidine rings is 1. The van der Waals surface area contributed by atoms with Gasteiger partial charge >= 0.3 is 6.09 Å². The zero-order valence-corrected chi connectivity index (χ0v) is 30.9. The van der Waals surface area contributed by atoms with Crippen molar-refractivity contribution in [3.63, 3.8) is 0 Å². The number of nitrogens with zero attached hydrogens (tertiary/aromatic N) is 6. The molecular weight excluding hydrogens is 634 g/mol. The van der Waals surface area contributed by atoms with Gasteiger partial charge in [-0.05, 0) is 71.1 Å². The second kappa shape index (κ2) is 12.3. The van der Waals surface area contributed by atoms with Crippen LogP contribution < -0.4 is 15.8 Å². The van der Waals surface area contributed by atoms with Crippen molar-refractivity contribution in [3.8, 4) is 11.1 Å². The number of benzene rings is 1. The van der Waals surface area contributed by atoms with Gasteiger partial charge in [0.15, 0.2) is 5.65 Å². The summed E-state index contributed by atoms with van der Waals surface area (Å²) in [4.78, 5) is 34.5. The number of nitrogens with one attached hydrogen (secondary N) is 1. The van der Waals surface area contributed by atoms with Crippen molar-refractivity contribution in [1.82, 2.24) is 29.2 Å². The number of carbonyl (C=O) groups is 1. The highest BCUT2D eigenvalue weighted by Gasteiger charge is 2.43. The molecule has 0 aliphatic carbocycles. The van der Waals surface area contributed by atoms with Crippen LogP contribution in [0.1, 0.15) is 52.0 Å². The maximum atomic E-state index is 14.4.